The summed E-state index contributed by atoms with van der Waals surface area (Å²) in [6, 6.07) is 0. The summed E-state index contributed by atoms with van der Waals surface area (Å²) in [5.41, 5.74) is 0.186. The van der Waals surface area contributed by atoms with E-state index in [0.29, 0.717) is 13.2 Å². The average molecular weight is 200 g/mol. The van der Waals surface area contributed by atoms with Crippen LogP contribution in [0.4, 0.5) is 4.79 Å². The molecule has 14 heavy (non-hydrogen) atoms. The second-order valence-corrected chi connectivity index (χ2v) is 4.17. The van der Waals surface area contributed by atoms with Gasteiger partial charge in [0.2, 0.25) is 0 Å². The number of carbonyl (C=O) groups is 1. The van der Waals surface area contributed by atoms with Gasteiger partial charge in [0.1, 0.15) is 0 Å². The Morgan fingerprint density at radius 1 is 1.64 bits per heavy atom. The van der Waals surface area contributed by atoms with Gasteiger partial charge >= 0.3 is 6.09 Å². The highest BCUT2D eigenvalue weighted by Crippen LogP contribution is 2.23. The van der Waals surface area contributed by atoms with Gasteiger partial charge in [-0.2, -0.15) is 0 Å². The predicted molar refractivity (Wildman–Crippen MR) is 55.2 cm³/mol. The highest BCUT2D eigenvalue weighted by atomic mass is 16.5. The van der Waals surface area contributed by atoms with Crippen molar-refractivity contribution in [3.05, 3.63) is 0 Å². The fourth-order valence-corrected chi connectivity index (χ4v) is 1.74. The summed E-state index contributed by atoms with van der Waals surface area (Å²) in [5.74, 6) is 0. The quantitative estimate of drug-likeness (QED) is 0.718. The summed E-state index contributed by atoms with van der Waals surface area (Å²) in [4.78, 5) is 11.1. The lowest BCUT2D eigenvalue weighted by Crippen LogP contribution is -2.45. The van der Waals surface area contributed by atoms with Crippen LogP contribution in [0.1, 0.15) is 26.7 Å². The summed E-state index contributed by atoms with van der Waals surface area (Å²) in [5, 5.41) is 6.13. The average Bonchev–Trinajstić information content (AvgIpc) is 2.17. The molecule has 2 N–H and O–H groups in total. The molecule has 0 aromatic heterocycles. The summed E-state index contributed by atoms with van der Waals surface area (Å²) in [6.45, 7) is 7.18. The zero-order valence-electron chi connectivity index (χ0n) is 9.06. The van der Waals surface area contributed by atoms with Gasteiger partial charge in [-0.25, -0.2) is 4.79 Å². The Morgan fingerprint density at radius 3 is 3.00 bits per heavy atom. The number of rotatable bonds is 3. The second kappa shape index (κ2) is 5.20. The minimum absolute atomic E-state index is 0.186. The lowest BCUT2D eigenvalue weighted by Gasteiger charge is -2.33. The van der Waals surface area contributed by atoms with Crippen LogP contribution in [0.2, 0.25) is 0 Å². The molecule has 0 spiro atoms. The number of ether oxygens (including phenoxy) is 1. The van der Waals surface area contributed by atoms with Crippen molar-refractivity contribution in [2.24, 2.45) is 5.41 Å². The first kappa shape index (κ1) is 11.3. The van der Waals surface area contributed by atoms with Gasteiger partial charge in [-0.05, 0) is 31.7 Å². The van der Waals surface area contributed by atoms with E-state index in [4.69, 9.17) is 4.74 Å². The van der Waals surface area contributed by atoms with E-state index in [9.17, 15) is 4.79 Å². The van der Waals surface area contributed by atoms with Crippen molar-refractivity contribution in [3.63, 3.8) is 0 Å². The Kier molecular flexibility index (Phi) is 4.20. The number of carbonyl (C=O) groups excluding carboxylic acids is 1. The zero-order valence-corrected chi connectivity index (χ0v) is 9.06. The number of hydrogen-bond acceptors (Lipinski definition) is 3. The highest BCUT2D eigenvalue weighted by molar-refractivity contribution is 5.67. The van der Waals surface area contributed by atoms with E-state index in [-0.39, 0.29) is 11.5 Å². The van der Waals surface area contributed by atoms with Crippen molar-refractivity contribution in [3.8, 4) is 0 Å². The van der Waals surface area contributed by atoms with Gasteiger partial charge in [-0.1, -0.05) is 6.92 Å². The molecule has 1 fully saturated rings. The van der Waals surface area contributed by atoms with Crippen LogP contribution in [-0.4, -0.2) is 32.3 Å². The lowest BCUT2D eigenvalue weighted by molar-refractivity contribution is 0.142. The fraction of sp³-hybridized carbons (Fsp3) is 0.900. The van der Waals surface area contributed by atoms with E-state index < -0.39 is 0 Å². The molecule has 1 heterocycles. The van der Waals surface area contributed by atoms with E-state index in [2.05, 4.69) is 17.6 Å². The standard InChI is InChI=1S/C10H20N2O2/c1-3-14-9(13)12-8-10(2)5-4-6-11-7-10/h11H,3-8H2,1-2H3,(H,12,13). The zero-order chi connectivity index (χ0) is 10.4. The summed E-state index contributed by atoms with van der Waals surface area (Å²) >= 11 is 0. The van der Waals surface area contributed by atoms with Gasteiger partial charge in [0, 0.05) is 13.1 Å². The third-order valence-electron chi connectivity index (χ3n) is 2.62. The van der Waals surface area contributed by atoms with Crippen molar-refractivity contribution >= 4 is 6.09 Å². The molecule has 1 atom stereocenters. The highest BCUT2D eigenvalue weighted by Gasteiger charge is 2.27. The van der Waals surface area contributed by atoms with Crippen molar-refractivity contribution in [2.45, 2.75) is 26.7 Å². The largest absolute Gasteiger partial charge is 0.450 e. The second-order valence-electron chi connectivity index (χ2n) is 4.17. The van der Waals surface area contributed by atoms with Gasteiger partial charge in [0.05, 0.1) is 6.61 Å². The Labute approximate surface area is 85.4 Å². The monoisotopic (exact) mass is 200 g/mol. The minimum Gasteiger partial charge on any atom is -0.450 e. The molecular formula is C10H20N2O2. The Hall–Kier alpha value is -0.770. The number of hydrogen-bond donors (Lipinski definition) is 2. The minimum atomic E-state index is -0.306. The van der Waals surface area contributed by atoms with Crippen molar-refractivity contribution in [2.75, 3.05) is 26.2 Å². The van der Waals surface area contributed by atoms with E-state index in [0.717, 1.165) is 19.5 Å². The van der Waals surface area contributed by atoms with E-state index in [1.165, 1.54) is 6.42 Å². The molecule has 0 saturated carbocycles. The molecule has 1 amide bonds. The van der Waals surface area contributed by atoms with Gasteiger partial charge < -0.3 is 15.4 Å². The molecule has 82 valence electrons. The van der Waals surface area contributed by atoms with Crippen LogP contribution in [-0.2, 0) is 4.74 Å². The van der Waals surface area contributed by atoms with Crippen LogP contribution in [0.15, 0.2) is 0 Å². The maximum atomic E-state index is 11.1. The molecule has 1 saturated heterocycles. The number of piperidine rings is 1. The molecule has 0 bridgehead atoms. The Balaban J connectivity index is 2.24. The lowest BCUT2D eigenvalue weighted by atomic mass is 9.83. The van der Waals surface area contributed by atoms with Crippen LogP contribution >= 0.6 is 0 Å². The maximum absolute atomic E-state index is 11.1. The van der Waals surface area contributed by atoms with Crippen molar-refractivity contribution in [1.82, 2.24) is 10.6 Å². The van der Waals surface area contributed by atoms with Crippen molar-refractivity contribution < 1.29 is 9.53 Å². The number of nitrogens with one attached hydrogen (secondary N) is 2. The fourth-order valence-electron chi connectivity index (χ4n) is 1.74. The summed E-state index contributed by atoms with van der Waals surface area (Å²) < 4.78 is 4.81. The first-order valence-electron chi connectivity index (χ1n) is 5.28. The molecule has 1 rings (SSSR count). The molecule has 4 heteroatoms. The van der Waals surface area contributed by atoms with Gasteiger partial charge in [-0.3, -0.25) is 0 Å². The molecule has 0 aliphatic carbocycles. The third-order valence-corrected chi connectivity index (χ3v) is 2.62. The van der Waals surface area contributed by atoms with Crippen LogP contribution < -0.4 is 10.6 Å². The van der Waals surface area contributed by atoms with Crippen LogP contribution in [0, 0.1) is 5.41 Å². The van der Waals surface area contributed by atoms with Gasteiger partial charge in [0.25, 0.3) is 0 Å². The Morgan fingerprint density at radius 2 is 2.43 bits per heavy atom. The molecule has 1 aliphatic heterocycles. The molecule has 1 aliphatic rings. The van der Waals surface area contributed by atoms with Crippen LogP contribution in [0.3, 0.4) is 0 Å². The van der Waals surface area contributed by atoms with Crippen molar-refractivity contribution in [1.29, 1.82) is 0 Å². The molecular weight excluding hydrogens is 180 g/mol. The molecule has 0 aromatic carbocycles. The first-order valence-corrected chi connectivity index (χ1v) is 5.28. The van der Waals surface area contributed by atoms with Crippen LogP contribution in [0.25, 0.3) is 0 Å². The maximum Gasteiger partial charge on any atom is 0.407 e. The van der Waals surface area contributed by atoms with E-state index >= 15 is 0 Å². The number of alkyl carbamates (subject to hydrolysis) is 1. The predicted octanol–water partition coefficient (Wildman–Crippen LogP) is 1.12. The van der Waals surface area contributed by atoms with E-state index in [1.54, 1.807) is 0 Å². The van der Waals surface area contributed by atoms with E-state index in [1.807, 2.05) is 6.92 Å². The molecule has 0 aromatic rings. The smallest absolute Gasteiger partial charge is 0.407 e. The normalized spacial score (nSPS) is 27.0. The summed E-state index contributed by atoms with van der Waals surface area (Å²) in [7, 11) is 0. The third kappa shape index (κ3) is 3.54. The number of amides is 1. The van der Waals surface area contributed by atoms with Crippen LogP contribution in [0.5, 0.6) is 0 Å². The SMILES string of the molecule is CCOC(=O)NCC1(C)CCCNC1. The van der Waals surface area contributed by atoms with Gasteiger partial charge in [-0.15, -0.1) is 0 Å². The van der Waals surface area contributed by atoms with Gasteiger partial charge in [0.15, 0.2) is 0 Å². The summed E-state index contributed by atoms with van der Waals surface area (Å²) in [6.07, 6.45) is 2.03. The molecule has 4 nitrogen and oxygen atoms in total. The topological polar surface area (TPSA) is 50.4 Å². The first-order chi connectivity index (χ1) is 6.66. The Bertz CT molecular complexity index is 189. The molecule has 1 unspecified atom stereocenters. The molecule has 0 radical (unpaired) electrons.